The highest BCUT2D eigenvalue weighted by Gasteiger charge is 1.80. The maximum Gasteiger partial charge on any atom is 0.303 e. The van der Waals surface area contributed by atoms with Gasteiger partial charge in [-0.05, 0) is 12.1 Å². The van der Waals surface area contributed by atoms with Crippen molar-refractivity contribution >= 4 is 11.7 Å². The Morgan fingerprint density at radius 3 is 1.88 bits per heavy atom. The van der Waals surface area contributed by atoms with Gasteiger partial charge in [0.1, 0.15) is 0 Å². The summed E-state index contributed by atoms with van der Waals surface area (Å²) in [6.45, 7) is 1.60. The maximum atomic E-state index is 9.37. The number of benzene rings is 1. The first-order valence-electron chi connectivity index (χ1n) is 4.25. The SMILES string of the molecule is CCC(=O)O.Nc1ccccc1.O=[N+]([O-])O. The molecule has 0 aromatic heterocycles. The van der Waals surface area contributed by atoms with E-state index in [2.05, 4.69) is 0 Å². The zero-order chi connectivity index (χ0) is 13.0. The minimum atomic E-state index is -1.50. The monoisotopic (exact) mass is 230 g/mol. The summed E-state index contributed by atoms with van der Waals surface area (Å²) in [6, 6.07) is 9.49. The number of carbonyl (C=O) groups is 1. The lowest BCUT2D eigenvalue weighted by Gasteiger charge is -1.83. The number of nitrogens with zero attached hydrogens (tertiary/aromatic N) is 1. The normalized spacial score (nSPS) is 7.56. The van der Waals surface area contributed by atoms with Crippen molar-refractivity contribution in [3.63, 3.8) is 0 Å². The van der Waals surface area contributed by atoms with Gasteiger partial charge in [0.25, 0.3) is 5.09 Å². The third kappa shape index (κ3) is 22.6. The van der Waals surface area contributed by atoms with E-state index >= 15 is 0 Å². The van der Waals surface area contributed by atoms with Crippen LogP contribution in [0.3, 0.4) is 0 Å². The molecule has 0 fully saturated rings. The fourth-order valence-electron chi connectivity index (χ4n) is 0.453. The molecule has 0 saturated heterocycles. The van der Waals surface area contributed by atoms with Gasteiger partial charge in [-0.15, -0.1) is 10.1 Å². The van der Waals surface area contributed by atoms with Crippen LogP contribution in [0.1, 0.15) is 13.3 Å². The van der Waals surface area contributed by atoms with Crippen molar-refractivity contribution < 1.29 is 20.2 Å². The lowest BCUT2D eigenvalue weighted by molar-refractivity contribution is -0.742. The molecule has 7 nitrogen and oxygen atoms in total. The highest BCUT2D eigenvalue weighted by molar-refractivity contribution is 5.66. The van der Waals surface area contributed by atoms with E-state index in [0.717, 1.165) is 5.69 Å². The van der Waals surface area contributed by atoms with Gasteiger partial charge < -0.3 is 16.0 Å². The Labute approximate surface area is 92.2 Å². The minimum Gasteiger partial charge on any atom is -0.481 e. The summed E-state index contributed by atoms with van der Waals surface area (Å²) in [5.74, 6) is -0.745. The third-order valence-electron chi connectivity index (χ3n) is 1.10. The van der Waals surface area contributed by atoms with E-state index in [1.807, 2.05) is 30.3 Å². The molecule has 0 aliphatic heterocycles. The van der Waals surface area contributed by atoms with E-state index < -0.39 is 11.1 Å². The van der Waals surface area contributed by atoms with Crippen molar-refractivity contribution in [1.29, 1.82) is 0 Å². The van der Waals surface area contributed by atoms with Crippen LogP contribution >= 0.6 is 0 Å². The van der Waals surface area contributed by atoms with Crippen LogP contribution in [-0.2, 0) is 4.79 Å². The standard InChI is InChI=1S/C6H7N.C3H6O2.HNO3/c7-6-4-2-1-3-5-6;1-2-3(4)5;2-1(3)4/h1-5H,7H2;2H2,1H3,(H,4,5);(H,2,3,4). The molecule has 0 atom stereocenters. The summed E-state index contributed by atoms with van der Waals surface area (Å²) in [5, 5.41) is 21.4. The van der Waals surface area contributed by atoms with Crippen molar-refractivity contribution in [2.75, 3.05) is 5.73 Å². The van der Waals surface area contributed by atoms with Gasteiger partial charge in [-0.2, -0.15) is 0 Å². The third-order valence-corrected chi connectivity index (χ3v) is 1.10. The van der Waals surface area contributed by atoms with Crippen LogP contribution in [-0.4, -0.2) is 21.4 Å². The molecule has 0 saturated carbocycles. The second kappa shape index (κ2) is 10.8. The summed E-state index contributed by atoms with van der Waals surface area (Å²) in [4.78, 5) is 17.7. The number of hydrogen-bond acceptors (Lipinski definition) is 4. The molecule has 1 aromatic carbocycles. The van der Waals surface area contributed by atoms with E-state index in [-0.39, 0.29) is 6.42 Å². The van der Waals surface area contributed by atoms with Crippen molar-refractivity contribution in [1.82, 2.24) is 0 Å². The number of aliphatic carboxylic acids is 1. The second-order valence-corrected chi connectivity index (χ2v) is 2.40. The molecule has 0 radical (unpaired) electrons. The van der Waals surface area contributed by atoms with Crippen LogP contribution in [0.4, 0.5) is 5.69 Å². The number of carboxylic acids is 1. The quantitative estimate of drug-likeness (QED) is 0.380. The number of rotatable bonds is 1. The molecule has 1 aromatic rings. The van der Waals surface area contributed by atoms with Crippen LogP contribution < -0.4 is 5.73 Å². The van der Waals surface area contributed by atoms with Gasteiger partial charge >= 0.3 is 5.97 Å². The summed E-state index contributed by atoms with van der Waals surface area (Å²) in [6.07, 6.45) is 0.222. The summed E-state index contributed by atoms with van der Waals surface area (Å²) < 4.78 is 0. The largest absolute Gasteiger partial charge is 0.481 e. The number of nitrogen functional groups attached to an aromatic ring is 1. The molecule has 0 heterocycles. The maximum absolute atomic E-state index is 9.37. The molecule has 16 heavy (non-hydrogen) atoms. The Bertz CT molecular complexity index is 298. The van der Waals surface area contributed by atoms with Gasteiger partial charge in [0.05, 0.1) is 0 Å². The molecule has 0 spiro atoms. The molecule has 1 rings (SSSR count). The molecule has 90 valence electrons. The smallest absolute Gasteiger partial charge is 0.303 e. The lowest BCUT2D eigenvalue weighted by Crippen LogP contribution is -1.86. The summed E-state index contributed by atoms with van der Waals surface area (Å²) in [5.41, 5.74) is 6.18. The highest BCUT2D eigenvalue weighted by atomic mass is 16.9. The zero-order valence-electron chi connectivity index (χ0n) is 8.74. The Morgan fingerprint density at radius 1 is 1.44 bits per heavy atom. The van der Waals surface area contributed by atoms with Crippen LogP contribution in [0, 0.1) is 10.1 Å². The first-order valence-corrected chi connectivity index (χ1v) is 4.25. The number of hydrogen-bond donors (Lipinski definition) is 3. The number of anilines is 1. The predicted molar refractivity (Wildman–Crippen MR) is 57.6 cm³/mol. The molecule has 0 unspecified atom stereocenters. The Hall–Kier alpha value is -2.31. The molecule has 0 aliphatic carbocycles. The van der Waals surface area contributed by atoms with Gasteiger partial charge in [0.15, 0.2) is 0 Å². The fraction of sp³-hybridized carbons (Fsp3) is 0.222. The highest BCUT2D eigenvalue weighted by Crippen LogP contribution is 1.95. The van der Waals surface area contributed by atoms with Crippen molar-refractivity contribution in [2.45, 2.75) is 13.3 Å². The molecule has 4 N–H and O–H groups in total. The lowest BCUT2D eigenvalue weighted by atomic mass is 10.3. The van der Waals surface area contributed by atoms with Crippen molar-refractivity contribution in [2.24, 2.45) is 0 Å². The average Bonchev–Trinajstić information content (AvgIpc) is 2.19. The second-order valence-electron chi connectivity index (χ2n) is 2.40. The van der Waals surface area contributed by atoms with Gasteiger partial charge in [0.2, 0.25) is 0 Å². The van der Waals surface area contributed by atoms with Crippen LogP contribution in [0.5, 0.6) is 0 Å². The number of para-hydroxylation sites is 1. The molecule has 0 bridgehead atoms. The first kappa shape index (κ1) is 16.1. The van der Waals surface area contributed by atoms with E-state index in [0.29, 0.717) is 0 Å². The first-order chi connectivity index (χ1) is 7.40. The molecule has 0 aliphatic rings. The summed E-state index contributed by atoms with van der Waals surface area (Å²) >= 11 is 0. The Balaban J connectivity index is 0. The van der Waals surface area contributed by atoms with Gasteiger partial charge in [-0.3, -0.25) is 4.79 Å². The Kier molecular flexibility index (Phi) is 10.9. The minimum absolute atomic E-state index is 0.222. The molecular weight excluding hydrogens is 216 g/mol. The van der Waals surface area contributed by atoms with Crippen molar-refractivity contribution in [3.05, 3.63) is 40.4 Å². The van der Waals surface area contributed by atoms with Gasteiger partial charge in [0, 0.05) is 12.1 Å². The topological polar surface area (TPSA) is 127 Å². The molecular formula is C9H14N2O5. The average molecular weight is 230 g/mol. The predicted octanol–water partition coefficient (Wildman–Crippen LogP) is 1.40. The van der Waals surface area contributed by atoms with E-state index in [1.165, 1.54) is 0 Å². The van der Waals surface area contributed by atoms with Crippen molar-refractivity contribution in [3.8, 4) is 0 Å². The van der Waals surface area contributed by atoms with Crippen LogP contribution in [0.15, 0.2) is 30.3 Å². The van der Waals surface area contributed by atoms with Gasteiger partial charge in [-0.1, -0.05) is 25.1 Å². The zero-order valence-corrected chi connectivity index (χ0v) is 8.74. The fourth-order valence-corrected chi connectivity index (χ4v) is 0.453. The van der Waals surface area contributed by atoms with E-state index in [1.54, 1.807) is 6.92 Å². The number of nitrogens with two attached hydrogens (primary N) is 1. The van der Waals surface area contributed by atoms with Crippen LogP contribution in [0.25, 0.3) is 0 Å². The molecule has 7 heteroatoms. The summed E-state index contributed by atoms with van der Waals surface area (Å²) in [7, 11) is 0. The van der Waals surface area contributed by atoms with E-state index in [4.69, 9.17) is 26.2 Å². The van der Waals surface area contributed by atoms with Crippen LogP contribution in [0.2, 0.25) is 0 Å². The molecule has 0 amide bonds. The number of carboxylic acid groups (broad SMARTS) is 1. The van der Waals surface area contributed by atoms with E-state index in [9.17, 15) is 4.79 Å². The van der Waals surface area contributed by atoms with Gasteiger partial charge in [-0.25, -0.2) is 0 Å². The Morgan fingerprint density at radius 2 is 1.75 bits per heavy atom.